The normalized spacial score (nSPS) is 12.3. The Kier molecular flexibility index (Phi) is 18.1. The second kappa shape index (κ2) is 22.5. The first-order chi connectivity index (χ1) is 28.6. The third kappa shape index (κ3) is 14.9. The average Bonchev–Trinajstić information content (AvgIpc) is 3.19. The first-order valence-electron chi connectivity index (χ1n) is 18.0. The Morgan fingerprint density at radius 1 is 0.484 bits per heavy atom. The van der Waals surface area contributed by atoms with Crippen LogP contribution in [0.15, 0.2) is 107 Å². The van der Waals surface area contributed by atoms with Crippen molar-refractivity contribution in [2.75, 3.05) is 45.0 Å². The third-order valence-corrected chi connectivity index (χ3v) is 9.80. The van der Waals surface area contributed by atoms with Gasteiger partial charge in [0.2, 0.25) is 35.7 Å². The zero-order valence-corrected chi connectivity index (χ0v) is 33.5. The van der Waals surface area contributed by atoms with E-state index in [1.807, 2.05) is 36.4 Å². The number of hydrogen-bond acceptors (Lipinski definition) is 18. The molecule has 316 valence electrons. The van der Waals surface area contributed by atoms with E-state index in [1.54, 1.807) is 38.1 Å². The summed E-state index contributed by atoms with van der Waals surface area (Å²) in [6.45, 7) is 3.40. The van der Waals surface area contributed by atoms with Gasteiger partial charge in [-0.1, -0.05) is 60.7 Å². The topological polar surface area (TPSA) is 299 Å². The summed E-state index contributed by atoms with van der Waals surface area (Å²) in [5.41, 5.74) is 1.58. The van der Waals surface area contributed by atoms with Crippen molar-refractivity contribution in [3.63, 3.8) is 0 Å². The van der Waals surface area contributed by atoms with Crippen molar-refractivity contribution in [1.29, 1.82) is 0 Å². The van der Waals surface area contributed by atoms with Gasteiger partial charge in [-0.3, -0.25) is 9.11 Å². The zero-order chi connectivity index (χ0) is 42.9. The summed E-state index contributed by atoms with van der Waals surface area (Å²) < 4.78 is 70.9. The van der Waals surface area contributed by atoms with Crippen LogP contribution in [0.4, 0.5) is 58.4 Å². The van der Waals surface area contributed by atoms with Crippen LogP contribution in [-0.2, 0) is 20.2 Å². The Balaban J connectivity index is 0.00000422. The number of nitrogens with one attached hydrogen (secondary N) is 6. The molecule has 6 rings (SSSR count). The van der Waals surface area contributed by atoms with Crippen LogP contribution in [0, 0.1) is 0 Å². The van der Waals surface area contributed by atoms with Crippen molar-refractivity contribution in [3.05, 3.63) is 108 Å². The molecule has 4 aromatic carbocycles. The number of hydrogen-bond donors (Lipinski definition) is 10. The van der Waals surface area contributed by atoms with Crippen LogP contribution in [0.1, 0.15) is 25.0 Å². The summed E-state index contributed by atoms with van der Waals surface area (Å²) in [7, 11) is -9.72. The van der Waals surface area contributed by atoms with Crippen LogP contribution in [0.2, 0.25) is 0 Å². The van der Waals surface area contributed by atoms with Gasteiger partial charge in [0.25, 0.3) is 20.2 Å². The van der Waals surface area contributed by atoms with Crippen LogP contribution in [0.3, 0.4) is 0 Å². The minimum absolute atomic E-state index is 0. The van der Waals surface area contributed by atoms with Gasteiger partial charge >= 0.3 is 59.1 Å². The van der Waals surface area contributed by atoms with Gasteiger partial charge in [-0.25, -0.2) is 0 Å². The molecule has 0 aliphatic carbocycles. The molecule has 0 aliphatic heterocycles. The van der Waals surface area contributed by atoms with Crippen LogP contribution in [0.25, 0.3) is 12.2 Å². The Hall–Kier alpha value is -4.82. The summed E-state index contributed by atoms with van der Waals surface area (Å²) in [5, 5.41) is 37.2. The standard InChI is InChI=1S/C38H40N12O8S2.2Na.2H/c1-23(51)21-39-33-45-35(41-27-9-5-3-6-10-27)49-37(47-33)43-29-17-15-25(31(19-29)59(53,54)55)13-14-26-16-18-30(20-32(26)60(56,57)58)44-38-48-34(40-22-24(2)52)46-36(50-38)42-28-11-7-4-8-12-28;;;;/h3-20,23-24,51-52H,21-22H2,1-2H3,(H,53,54,55)(H,56,57,58)(H3,39,41,43,45,47,49)(H3,40,42,44,46,48,50);;;;. The predicted octanol–water partition coefficient (Wildman–Crippen LogP) is 3.98. The van der Waals surface area contributed by atoms with E-state index in [9.17, 15) is 36.2 Å². The summed E-state index contributed by atoms with van der Waals surface area (Å²) in [6.07, 6.45) is 1.06. The van der Waals surface area contributed by atoms with Gasteiger partial charge in [-0.2, -0.15) is 46.7 Å². The number of aliphatic hydroxyl groups excluding tert-OH is 2. The van der Waals surface area contributed by atoms with Crippen molar-refractivity contribution in [3.8, 4) is 0 Å². The molecule has 0 saturated carbocycles. The fraction of sp³-hybridized carbons (Fsp3) is 0.158. The Labute approximate surface area is 401 Å². The maximum absolute atomic E-state index is 12.6. The average molecular weight is 905 g/mol. The van der Waals surface area contributed by atoms with E-state index >= 15 is 0 Å². The van der Waals surface area contributed by atoms with Crippen LogP contribution in [-0.4, -0.2) is 150 Å². The fourth-order valence-electron chi connectivity index (χ4n) is 5.30. The molecule has 10 N–H and O–H groups in total. The molecule has 6 aromatic rings. The Bertz CT molecular complexity index is 2520. The van der Waals surface area contributed by atoms with Gasteiger partial charge in [0.1, 0.15) is 9.79 Å². The van der Waals surface area contributed by atoms with E-state index in [4.69, 9.17) is 0 Å². The van der Waals surface area contributed by atoms with E-state index in [0.717, 1.165) is 12.1 Å². The second-order valence-corrected chi connectivity index (χ2v) is 15.9. The summed E-state index contributed by atoms with van der Waals surface area (Å²) >= 11 is 0. The molecule has 0 radical (unpaired) electrons. The van der Waals surface area contributed by atoms with Crippen LogP contribution < -0.4 is 31.9 Å². The first-order valence-corrected chi connectivity index (χ1v) is 20.9. The van der Waals surface area contributed by atoms with Crippen molar-refractivity contribution < 1.29 is 36.2 Å². The molecule has 0 amide bonds. The first kappa shape index (κ1) is 49.8. The van der Waals surface area contributed by atoms with E-state index in [1.165, 1.54) is 36.4 Å². The van der Waals surface area contributed by atoms with Crippen molar-refractivity contribution in [2.45, 2.75) is 35.8 Å². The molecule has 62 heavy (non-hydrogen) atoms. The monoisotopic (exact) mass is 904 g/mol. The van der Waals surface area contributed by atoms with E-state index < -0.39 is 42.2 Å². The van der Waals surface area contributed by atoms with Gasteiger partial charge in [0, 0.05) is 35.8 Å². The molecule has 0 spiro atoms. The number of para-hydroxylation sites is 2. The molecule has 2 heterocycles. The number of rotatable bonds is 18. The molecule has 0 aliphatic rings. The van der Waals surface area contributed by atoms with Gasteiger partial charge in [-0.05, 0) is 73.5 Å². The molecule has 24 heteroatoms. The van der Waals surface area contributed by atoms with Crippen molar-refractivity contribution in [2.24, 2.45) is 0 Å². The number of nitrogens with zero attached hydrogens (tertiary/aromatic N) is 6. The Morgan fingerprint density at radius 2 is 0.790 bits per heavy atom. The summed E-state index contributed by atoms with van der Waals surface area (Å²) in [6, 6.07) is 26.0. The van der Waals surface area contributed by atoms with E-state index in [0.29, 0.717) is 11.4 Å². The molecule has 2 unspecified atom stereocenters. The van der Waals surface area contributed by atoms with Crippen molar-refractivity contribution >= 4 is 150 Å². The molecule has 2 atom stereocenters. The molecule has 20 nitrogen and oxygen atoms in total. The van der Waals surface area contributed by atoms with Gasteiger partial charge in [0.15, 0.2) is 0 Å². The molecular weight excluding hydrogens is 863 g/mol. The van der Waals surface area contributed by atoms with Gasteiger partial charge < -0.3 is 42.1 Å². The second-order valence-electron chi connectivity index (χ2n) is 13.1. The SMILES string of the molecule is CC(O)CNc1nc(Nc2ccccc2)nc(Nc2ccc(C=Cc3ccc(Nc4nc(NCC(C)O)nc(Nc5ccccc5)n4)cc3S(=O)(=O)O)c(S(=O)(=O)O)c2)n1.[NaH].[NaH]. The van der Waals surface area contributed by atoms with Crippen LogP contribution in [0.5, 0.6) is 0 Å². The zero-order valence-electron chi connectivity index (χ0n) is 31.9. The third-order valence-electron chi connectivity index (χ3n) is 7.98. The summed E-state index contributed by atoms with van der Waals surface area (Å²) in [5.74, 6) is 0.436. The number of anilines is 10. The fourth-order valence-corrected chi connectivity index (χ4v) is 6.72. The molecule has 2 aromatic heterocycles. The minimum atomic E-state index is -4.86. The Morgan fingerprint density at radius 3 is 1.10 bits per heavy atom. The molecule has 0 saturated heterocycles. The predicted molar refractivity (Wildman–Crippen MR) is 242 cm³/mol. The van der Waals surface area contributed by atoms with E-state index in [2.05, 4.69) is 61.8 Å². The summed E-state index contributed by atoms with van der Waals surface area (Å²) in [4.78, 5) is 24.9. The number of benzene rings is 4. The van der Waals surface area contributed by atoms with E-state index in [-0.39, 0.29) is 130 Å². The number of aliphatic hydroxyl groups is 2. The van der Waals surface area contributed by atoms with Crippen LogP contribution >= 0.6 is 0 Å². The quantitative estimate of drug-likeness (QED) is 0.0331. The molecule has 0 bridgehead atoms. The molecule has 0 fully saturated rings. The van der Waals surface area contributed by atoms with Crippen molar-refractivity contribution in [1.82, 2.24) is 29.9 Å². The number of aromatic nitrogens is 6. The van der Waals surface area contributed by atoms with Gasteiger partial charge in [0.05, 0.1) is 12.2 Å². The van der Waals surface area contributed by atoms with Gasteiger partial charge in [-0.15, -0.1) is 0 Å². The molecular formula is C38H42N12Na2O8S2. The maximum atomic E-state index is 12.6.